The van der Waals surface area contributed by atoms with Gasteiger partial charge in [0.2, 0.25) is 0 Å². The summed E-state index contributed by atoms with van der Waals surface area (Å²) < 4.78 is 0. The molecule has 2 N–H and O–H groups in total. The molecule has 114 valence electrons. The van der Waals surface area contributed by atoms with E-state index in [1.54, 1.807) is 18.3 Å². The summed E-state index contributed by atoms with van der Waals surface area (Å²) >= 11 is 5.91. The maximum absolute atomic E-state index is 12.4. The van der Waals surface area contributed by atoms with Gasteiger partial charge in [-0.25, -0.2) is 0 Å². The zero-order valence-electron chi connectivity index (χ0n) is 12.1. The molecule has 1 aromatic rings. The lowest BCUT2D eigenvalue weighted by Crippen LogP contribution is -2.41. The molecule has 0 saturated carbocycles. The van der Waals surface area contributed by atoms with Crippen molar-refractivity contribution in [3.8, 4) is 0 Å². The number of halogens is 1. The number of fused-ring (bicyclic) bond motifs is 1. The molecule has 1 heterocycles. The van der Waals surface area contributed by atoms with Gasteiger partial charge in [-0.1, -0.05) is 29.8 Å². The maximum Gasteiger partial charge on any atom is 0.257 e. The first-order valence-electron chi connectivity index (χ1n) is 7.39. The predicted molar refractivity (Wildman–Crippen MR) is 85.2 cm³/mol. The van der Waals surface area contributed by atoms with Crippen LogP contribution in [0.1, 0.15) is 24.8 Å². The minimum atomic E-state index is -0.359. The van der Waals surface area contributed by atoms with Crippen molar-refractivity contribution in [1.82, 2.24) is 10.6 Å². The summed E-state index contributed by atoms with van der Waals surface area (Å²) in [5.41, 5.74) is 1.79. The highest BCUT2D eigenvalue weighted by Gasteiger charge is 2.31. The van der Waals surface area contributed by atoms with E-state index >= 15 is 0 Å². The summed E-state index contributed by atoms with van der Waals surface area (Å²) in [6.07, 6.45) is 6.39. The van der Waals surface area contributed by atoms with Crippen molar-refractivity contribution < 1.29 is 9.59 Å². The van der Waals surface area contributed by atoms with Crippen molar-refractivity contribution in [2.24, 2.45) is 0 Å². The number of carbonyl (C=O) groups is 2. The van der Waals surface area contributed by atoms with Crippen molar-refractivity contribution >= 4 is 23.3 Å². The second-order valence-corrected chi connectivity index (χ2v) is 5.95. The molecule has 5 heteroatoms. The second kappa shape index (κ2) is 6.36. The van der Waals surface area contributed by atoms with Gasteiger partial charge in [-0.15, -0.1) is 0 Å². The Kier molecular flexibility index (Phi) is 4.29. The number of allylic oxidation sites excluding steroid dienone is 1. The number of amides is 1. The molecule has 1 unspecified atom stereocenters. The van der Waals surface area contributed by atoms with Crippen LogP contribution in [0.3, 0.4) is 0 Å². The topological polar surface area (TPSA) is 58.2 Å². The highest BCUT2D eigenvalue weighted by atomic mass is 35.5. The Morgan fingerprint density at radius 1 is 1.41 bits per heavy atom. The number of rotatable bonds is 3. The van der Waals surface area contributed by atoms with Gasteiger partial charge in [-0.3, -0.25) is 9.59 Å². The molecule has 0 aromatic heterocycles. The lowest BCUT2D eigenvalue weighted by Gasteiger charge is -2.28. The van der Waals surface area contributed by atoms with Gasteiger partial charge in [0.1, 0.15) is 5.57 Å². The van der Waals surface area contributed by atoms with Crippen LogP contribution in [0.25, 0.3) is 0 Å². The normalized spacial score (nSPS) is 20.4. The van der Waals surface area contributed by atoms with Crippen LogP contribution in [0.15, 0.2) is 47.7 Å². The van der Waals surface area contributed by atoms with Gasteiger partial charge in [0, 0.05) is 23.3 Å². The fraction of sp³-hybridized carbons (Fsp3) is 0.294. The third-order valence-corrected chi connectivity index (χ3v) is 4.19. The molecule has 1 atom stereocenters. The fourth-order valence-electron chi connectivity index (χ4n) is 2.80. The molecule has 3 rings (SSSR count). The molecule has 0 radical (unpaired) electrons. The van der Waals surface area contributed by atoms with Gasteiger partial charge in [-0.2, -0.15) is 0 Å². The molecule has 1 aliphatic carbocycles. The van der Waals surface area contributed by atoms with Crippen LogP contribution in [-0.2, 0) is 16.1 Å². The summed E-state index contributed by atoms with van der Waals surface area (Å²) in [7, 11) is 0. The number of ketones is 1. The van der Waals surface area contributed by atoms with E-state index in [4.69, 9.17) is 11.6 Å². The molecular formula is C17H17ClN2O2. The maximum atomic E-state index is 12.4. The van der Waals surface area contributed by atoms with Gasteiger partial charge in [0.05, 0.1) is 6.04 Å². The zero-order valence-corrected chi connectivity index (χ0v) is 12.8. The Hall–Kier alpha value is -2.07. The van der Waals surface area contributed by atoms with Crippen LogP contribution in [-0.4, -0.2) is 17.7 Å². The van der Waals surface area contributed by atoms with Crippen molar-refractivity contribution in [3.05, 3.63) is 58.3 Å². The summed E-state index contributed by atoms with van der Waals surface area (Å²) in [5, 5.41) is 6.55. The standard InChI is InChI=1S/C17H17ClN2O2/c18-12-5-3-4-11(8-12)9-20-17(22)14-10-19-15-7-2-1-6-13(15)16(14)21/h3-6,8,10,15,19H,1-2,7,9H2,(H,20,22). The zero-order chi connectivity index (χ0) is 15.5. The Bertz CT molecular complexity index is 679. The van der Waals surface area contributed by atoms with E-state index in [9.17, 15) is 9.59 Å². The van der Waals surface area contributed by atoms with Crippen molar-refractivity contribution in [1.29, 1.82) is 0 Å². The second-order valence-electron chi connectivity index (χ2n) is 5.51. The first-order chi connectivity index (χ1) is 10.6. The highest BCUT2D eigenvalue weighted by molar-refractivity contribution is 6.30. The minimum absolute atomic E-state index is 0.0609. The van der Waals surface area contributed by atoms with Crippen LogP contribution >= 0.6 is 11.6 Å². The van der Waals surface area contributed by atoms with Gasteiger partial charge >= 0.3 is 0 Å². The Morgan fingerprint density at radius 3 is 3.09 bits per heavy atom. The average Bonchev–Trinajstić information content (AvgIpc) is 2.53. The molecule has 0 bridgehead atoms. The molecule has 2 aliphatic rings. The molecule has 0 fully saturated rings. The van der Waals surface area contributed by atoms with Crippen LogP contribution in [0.4, 0.5) is 0 Å². The smallest absolute Gasteiger partial charge is 0.257 e. The van der Waals surface area contributed by atoms with E-state index in [-0.39, 0.29) is 23.3 Å². The molecule has 0 saturated heterocycles. The number of nitrogens with one attached hydrogen (secondary N) is 2. The van der Waals surface area contributed by atoms with Crippen LogP contribution in [0, 0.1) is 0 Å². The molecular weight excluding hydrogens is 300 g/mol. The summed E-state index contributed by atoms with van der Waals surface area (Å²) in [4.78, 5) is 24.6. The minimum Gasteiger partial charge on any atom is -0.383 e. The summed E-state index contributed by atoms with van der Waals surface area (Å²) in [6.45, 7) is 0.340. The average molecular weight is 317 g/mol. The van der Waals surface area contributed by atoms with E-state index in [1.807, 2.05) is 18.2 Å². The summed E-state index contributed by atoms with van der Waals surface area (Å²) in [6, 6.07) is 7.33. The molecule has 0 spiro atoms. The third-order valence-electron chi connectivity index (χ3n) is 3.96. The number of hydrogen-bond donors (Lipinski definition) is 2. The molecule has 1 aliphatic heterocycles. The van der Waals surface area contributed by atoms with E-state index in [2.05, 4.69) is 10.6 Å². The fourth-order valence-corrected chi connectivity index (χ4v) is 3.01. The number of hydrogen-bond acceptors (Lipinski definition) is 3. The number of Topliss-reactive ketones (excluding diaryl/α,β-unsaturated/α-hetero) is 1. The summed E-state index contributed by atoms with van der Waals surface area (Å²) in [5.74, 6) is -0.519. The number of carbonyl (C=O) groups excluding carboxylic acids is 2. The highest BCUT2D eigenvalue weighted by Crippen LogP contribution is 2.25. The van der Waals surface area contributed by atoms with Crippen LogP contribution in [0.5, 0.6) is 0 Å². The van der Waals surface area contributed by atoms with Crippen LogP contribution in [0.2, 0.25) is 5.02 Å². The van der Waals surface area contributed by atoms with Gasteiger partial charge < -0.3 is 10.6 Å². The molecule has 1 amide bonds. The van der Waals surface area contributed by atoms with Gasteiger partial charge in [-0.05, 0) is 37.0 Å². The molecule has 4 nitrogen and oxygen atoms in total. The Morgan fingerprint density at radius 2 is 2.27 bits per heavy atom. The lowest BCUT2D eigenvalue weighted by molar-refractivity contribution is -0.121. The Balaban J connectivity index is 1.67. The van der Waals surface area contributed by atoms with Crippen molar-refractivity contribution in [2.75, 3.05) is 0 Å². The third kappa shape index (κ3) is 3.07. The number of benzene rings is 1. The lowest BCUT2D eigenvalue weighted by atomic mass is 9.86. The largest absolute Gasteiger partial charge is 0.383 e. The molecule has 22 heavy (non-hydrogen) atoms. The first kappa shape index (κ1) is 14.9. The van der Waals surface area contributed by atoms with Crippen LogP contribution < -0.4 is 10.6 Å². The predicted octanol–water partition coefficient (Wildman–Crippen LogP) is 2.49. The first-order valence-corrected chi connectivity index (χ1v) is 7.76. The SMILES string of the molecule is O=C(NCc1cccc(Cl)c1)C1=CNC2CCCC=C2C1=O. The van der Waals surface area contributed by atoms with E-state index in [1.165, 1.54) is 0 Å². The van der Waals surface area contributed by atoms with Crippen molar-refractivity contribution in [2.45, 2.75) is 31.8 Å². The molecule has 1 aromatic carbocycles. The van der Waals surface area contributed by atoms with E-state index < -0.39 is 0 Å². The van der Waals surface area contributed by atoms with E-state index in [0.29, 0.717) is 11.6 Å². The van der Waals surface area contributed by atoms with Crippen molar-refractivity contribution in [3.63, 3.8) is 0 Å². The van der Waals surface area contributed by atoms with Gasteiger partial charge in [0.15, 0.2) is 5.78 Å². The van der Waals surface area contributed by atoms with E-state index in [0.717, 1.165) is 30.4 Å². The monoisotopic (exact) mass is 316 g/mol. The van der Waals surface area contributed by atoms with Gasteiger partial charge in [0.25, 0.3) is 5.91 Å². The Labute approximate surface area is 134 Å². The quantitative estimate of drug-likeness (QED) is 0.842.